The molecule has 0 aliphatic rings. The van der Waals surface area contributed by atoms with Crippen LogP contribution in [0, 0.1) is 22.2 Å². The molecule has 0 amide bonds. The van der Waals surface area contributed by atoms with Crippen LogP contribution >= 0.6 is 0 Å². The van der Waals surface area contributed by atoms with Crippen molar-refractivity contribution in [1.82, 2.24) is 0 Å². The SMILES string of the molecule is CCCC(CC(=O)O)(C(=O)O)C(C)(C)CC#N. The number of nitriles is 1. The van der Waals surface area contributed by atoms with E-state index < -0.39 is 29.2 Å². The molecule has 0 aliphatic heterocycles. The van der Waals surface area contributed by atoms with Crippen LogP contribution in [-0.4, -0.2) is 22.2 Å². The van der Waals surface area contributed by atoms with Crippen molar-refractivity contribution < 1.29 is 19.8 Å². The highest BCUT2D eigenvalue weighted by molar-refractivity contribution is 5.82. The highest BCUT2D eigenvalue weighted by Gasteiger charge is 2.51. The number of carboxylic acids is 2. The molecule has 96 valence electrons. The minimum Gasteiger partial charge on any atom is -0.481 e. The van der Waals surface area contributed by atoms with Gasteiger partial charge in [0.25, 0.3) is 0 Å². The number of nitrogens with zero attached hydrogens (tertiary/aromatic N) is 1. The Balaban J connectivity index is 5.53. The number of rotatable bonds is 7. The molecule has 1 atom stereocenters. The molecule has 1 unspecified atom stereocenters. The van der Waals surface area contributed by atoms with E-state index in [1.807, 2.05) is 13.0 Å². The number of hydrogen-bond acceptors (Lipinski definition) is 3. The molecule has 17 heavy (non-hydrogen) atoms. The lowest BCUT2D eigenvalue weighted by Gasteiger charge is -2.41. The van der Waals surface area contributed by atoms with Crippen molar-refractivity contribution in [2.24, 2.45) is 10.8 Å². The van der Waals surface area contributed by atoms with Gasteiger partial charge in [-0.2, -0.15) is 5.26 Å². The quantitative estimate of drug-likeness (QED) is 0.712. The predicted molar refractivity (Wildman–Crippen MR) is 61.2 cm³/mol. The number of aliphatic carboxylic acids is 2. The minimum absolute atomic E-state index is 0.0204. The third-order valence-corrected chi connectivity index (χ3v) is 3.36. The summed E-state index contributed by atoms with van der Waals surface area (Å²) in [6.07, 6.45) is 0.384. The van der Waals surface area contributed by atoms with Crippen molar-refractivity contribution in [3.8, 4) is 6.07 Å². The third kappa shape index (κ3) is 3.19. The minimum atomic E-state index is -1.39. The molecule has 5 heteroatoms. The van der Waals surface area contributed by atoms with E-state index in [9.17, 15) is 14.7 Å². The third-order valence-electron chi connectivity index (χ3n) is 3.36. The first-order valence-electron chi connectivity index (χ1n) is 5.55. The van der Waals surface area contributed by atoms with Crippen LogP contribution in [-0.2, 0) is 9.59 Å². The van der Waals surface area contributed by atoms with Crippen LogP contribution in [0.2, 0.25) is 0 Å². The maximum Gasteiger partial charge on any atom is 0.310 e. The zero-order valence-electron chi connectivity index (χ0n) is 10.5. The van der Waals surface area contributed by atoms with E-state index in [0.29, 0.717) is 6.42 Å². The Morgan fingerprint density at radius 2 is 1.82 bits per heavy atom. The lowest BCUT2D eigenvalue weighted by molar-refractivity contribution is -0.165. The summed E-state index contributed by atoms with van der Waals surface area (Å²) in [6, 6.07) is 1.94. The summed E-state index contributed by atoms with van der Waals surface area (Å²) in [7, 11) is 0. The topological polar surface area (TPSA) is 98.4 Å². The van der Waals surface area contributed by atoms with Crippen LogP contribution < -0.4 is 0 Å². The Bertz CT molecular complexity index is 343. The molecule has 0 fully saturated rings. The van der Waals surface area contributed by atoms with Gasteiger partial charge in [-0.1, -0.05) is 27.2 Å². The van der Waals surface area contributed by atoms with Crippen LogP contribution in [0.3, 0.4) is 0 Å². The zero-order valence-corrected chi connectivity index (χ0v) is 10.5. The Morgan fingerprint density at radius 3 is 2.12 bits per heavy atom. The van der Waals surface area contributed by atoms with E-state index >= 15 is 0 Å². The molecule has 0 bridgehead atoms. The average Bonchev–Trinajstić information content (AvgIpc) is 2.15. The molecule has 0 aliphatic carbocycles. The lowest BCUT2D eigenvalue weighted by Crippen LogP contribution is -2.46. The first-order valence-corrected chi connectivity index (χ1v) is 5.55. The second kappa shape index (κ2) is 5.67. The summed E-state index contributed by atoms with van der Waals surface area (Å²) in [4.78, 5) is 22.4. The van der Waals surface area contributed by atoms with Gasteiger partial charge in [-0.3, -0.25) is 9.59 Å². The largest absolute Gasteiger partial charge is 0.481 e. The maximum absolute atomic E-state index is 11.5. The van der Waals surface area contributed by atoms with E-state index in [4.69, 9.17) is 10.4 Å². The molecule has 0 heterocycles. The molecule has 0 aromatic rings. The molecule has 0 rings (SSSR count). The van der Waals surface area contributed by atoms with Gasteiger partial charge >= 0.3 is 11.9 Å². The monoisotopic (exact) mass is 241 g/mol. The molecule has 0 spiro atoms. The summed E-state index contributed by atoms with van der Waals surface area (Å²) in [5.74, 6) is -2.28. The highest BCUT2D eigenvalue weighted by Crippen LogP contribution is 2.48. The highest BCUT2D eigenvalue weighted by atomic mass is 16.4. The Morgan fingerprint density at radius 1 is 1.29 bits per heavy atom. The molecule has 0 aromatic carbocycles. The Kier molecular flexibility index (Phi) is 5.14. The van der Waals surface area contributed by atoms with Crippen LogP contribution in [0.15, 0.2) is 0 Å². The van der Waals surface area contributed by atoms with Gasteiger partial charge in [-0.25, -0.2) is 0 Å². The smallest absolute Gasteiger partial charge is 0.310 e. The van der Waals surface area contributed by atoms with Gasteiger partial charge in [0.05, 0.1) is 17.9 Å². The Hall–Kier alpha value is -1.57. The fraction of sp³-hybridized carbons (Fsp3) is 0.750. The van der Waals surface area contributed by atoms with E-state index in [1.54, 1.807) is 13.8 Å². The van der Waals surface area contributed by atoms with Gasteiger partial charge in [-0.15, -0.1) is 0 Å². The number of carboxylic acid groups (broad SMARTS) is 2. The second-order valence-electron chi connectivity index (χ2n) is 4.93. The molecule has 2 N–H and O–H groups in total. The standard InChI is InChI=1S/C12H19NO4/c1-4-5-12(10(16)17,8-9(14)15)11(2,3)6-7-13/h4-6,8H2,1-3H3,(H,14,15)(H,16,17). The summed E-state index contributed by atoms with van der Waals surface area (Å²) in [6.45, 7) is 5.09. The molecule has 0 aromatic heterocycles. The van der Waals surface area contributed by atoms with Crippen LogP contribution in [0.1, 0.15) is 46.5 Å². The van der Waals surface area contributed by atoms with Gasteiger partial charge in [0.2, 0.25) is 0 Å². The normalized spacial score (nSPS) is 14.7. The van der Waals surface area contributed by atoms with Crippen molar-refractivity contribution >= 4 is 11.9 Å². The second-order valence-corrected chi connectivity index (χ2v) is 4.93. The molecule has 5 nitrogen and oxygen atoms in total. The van der Waals surface area contributed by atoms with E-state index in [-0.39, 0.29) is 12.8 Å². The van der Waals surface area contributed by atoms with Crippen molar-refractivity contribution in [3.05, 3.63) is 0 Å². The molecular weight excluding hydrogens is 222 g/mol. The van der Waals surface area contributed by atoms with Crippen LogP contribution in [0.4, 0.5) is 0 Å². The van der Waals surface area contributed by atoms with Gasteiger partial charge < -0.3 is 10.2 Å². The lowest BCUT2D eigenvalue weighted by atomic mass is 9.60. The average molecular weight is 241 g/mol. The molecule has 0 radical (unpaired) electrons. The predicted octanol–water partition coefficient (Wildman–Crippen LogP) is 2.27. The van der Waals surface area contributed by atoms with Gasteiger partial charge in [-0.05, 0) is 11.8 Å². The Labute approximate surface area is 101 Å². The summed E-state index contributed by atoms with van der Waals surface area (Å²) in [5, 5.41) is 27.1. The number of hydrogen-bond donors (Lipinski definition) is 2. The van der Waals surface area contributed by atoms with Crippen LogP contribution in [0.5, 0.6) is 0 Å². The fourth-order valence-electron chi connectivity index (χ4n) is 2.19. The van der Waals surface area contributed by atoms with E-state index in [1.165, 1.54) is 0 Å². The first kappa shape index (κ1) is 15.4. The van der Waals surface area contributed by atoms with Crippen molar-refractivity contribution in [3.63, 3.8) is 0 Å². The summed E-state index contributed by atoms with van der Waals surface area (Å²) in [5.41, 5.74) is -2.26. The van der Waals surface area contributed by atoms with Crippen molar-refractivity contribution in [2.45, 2.75) is 46.5 Å². The first-order chi connectivity index (χ1) is 7.73. The summed E-state index contributed by atoms with van der Waals surface area (Å²) < 4.78 is 0. The molecular formula is C12H19NO4. The molecule has 0 saturated heterocycles. The van der Waals surface area contributed by atoms with Crippen molar-refractivity contribution in [1.29, 1.82) is 5.26 Å². The van der Waals surface area contributed by atoms with Crippen LogP contribution in [0.25, 0.3) is 0 Å². The van der Waals surface area contributed by atoms with Crippen molar-refractivity contribution in [2.75, 3.05) is 0 Å². The molecule has 0 saturated carbocycles. The number of carbonyl (C=O) groups is 2. The van der Waals surface area contributed by atoms with Gasteiger partial charge in [0.15, 0.2) is 0 Å². The van der Waals surface area contributed by atoms with E-state index in [2.05, 4.69) is 0 Å². The zero-order chi connectivity index (χ0) is 13.7. The fourth-order valence-corrected chi connectivity index (χ4v) is 2.19. The van der Waals surface area contributed by atoms with Gasteiger partial charge in [0.1, 0.15) is 0 Å². The maximum atomic E-state index is 11.5. The summed E-state index contributed by atoms with van der Waals surface area (Å²) >= 11 is 0. The van der Waals surface area contributed by atoms with Gasteiger partial charge in [0, 0.05) is 6.42 Å². The van der Waals surface area contributed by atoms with E-state index in [0.717, 1.165) is 0 Å².